The number of hydrogen-bond acceptors (Lipinski definition) is 5. The first kappa shape index (κ1) is 24.3. The monoisotopic (exact) mass is 425 g/mol. The SMILES string of the molecule is COc1ccc(C=CCCCCOc2ccc(N)cc2CCC(=O)OC(C)(C)C)cc1. The summed E-state index contributed by atoms with van der Waals surface area (Å²) in [7, 11) is 1.67. The molecule has 0 bridgehead atoms. The van der Waals surface area contributed by atoms with Crippen molar-refractivity contribution in [3.63, 3.8) is 0 Å². The zero-order valence-corrected chi connectivity index (χ0v) is 19.1. The van der Waals surface area contributed by atoms with Crippen molar-refractivity contribution < 1.29 is 19.0 Å². The third-order valence-corrected chi connectivity index (χ3v) is 4.55. The molecule has 0 heterocycles. The predicted octanol–water partition coefficient (Wildman–Crippen LogP) is 5.81. The molecule has 0 amide bonds. The van der Waals surface area contributed by atoms with Gasteiger partial charge in [0.1, 0.15) is 17.1 Å². The van der Waals surface area contributed by atoms with Gasteiger partial charge in [-0.25, -0.2) is 0 Å². The summed E-state index contributed by atoms with van der Waals surface area (Å²) in [5.41, 5.74) is 8.20. The molecule has 0 aliphatic rings. The minimum Gasteiger partial charge on any atom is -0.497 e. The van der Waals surface area contributed by atoms with Crippen molar-refractivity contribution >= 4 is 17.7 Å². The number of rotatable bonds is 11. The van der Waals surface area contributed by atoms with Crippen molar-refractivity contribution in [2.45, 2.75) is 58.5 Å². The van der Waals surface area contributed by atoms with Crippen LogP contribution in [0.1, 0.15) is 57.6 Å². The average Bonchev–Trinajstić information content (AvgIpc) is 2.72. The van der Waals surface area contributed by atoms with Crippen molar-refractivity contribution in [2.24, 2.45) is 0 Å². The number of nitrogen functional groups attached to an aromatic ring is 1. The second kappa shape index (κ2) is 12.0. The smallest absolute Gasteiger partial charge is 0.306 e. The number of aryl methyl sites for hydroxylation is 1. The van der Waals surface area contributed by atoms with Gasteiger partial charge in [0, 0.05) is 12.1 Å². The molecule has 0 aromatic heterocycles. The summed E-state index contributed by atoms with van der Waals surface area (Å²) in [4.78, 5) is 12.0. The van der Waals surface area contributed by atoms with Gasteiger partial charge < -0.3 is 19.9 Å². The van der Waals surface area contributed by atoms with E-state index in [0.717, 1.165) is 41.9 Å². The van der Waals surface area contributed by atoms with Gasteiger partial charge in [0.15, 0.2) is 0 Å². The number of carbonyl (C=O) groups excluding carboxylic acids is 1. The molecule has 2 aromatic carbocycles. The molecule has 31 heavy (non-hydrogen) atoms. The maximum atomic E-state index is 12.0. The Morgan fingerprint density at radius 1 is 1.06 bits per heavy atom. The molecule has 0 aliphatic heterocycles. The van der Waals surface area contributed by atoms with Gasteiger partial charge in [-0.3, -0.25) is 4.79 Å². The maximum absolute atomic E-state index is 12.0. The Morgan fingerprint density at radius 3 is 2.48 bits per heavy atom. The molecule has 0 unspecified atom stereocenters. The van der Waals surface area contributed by atoms with Crippen LogP contribution in [0.4, 0.5) is 5.69 Å². The van der Waals surface area contributed by atoms with Gasteiger partial charge in [0.05, 0.1) is 13.7 Å². The number of unbranched alkanes of at least 4 members (excludes halogenated alkanes) is 2. The number of methoxy groups -OCH3 is 1. The lowest BCUT2D eigenvalue weighted by Crippen LogP contribution is -2.24. The molecule has 2 N–H and O–H groups in total. The number of allylic oxidation sites excluding steroid dienone is 1. The number of benzene rings is 2. The zero-order chi connectivity index (χ0) is 22.7. The van der Waals surface area contributed by atoms with E-state index in [1.165, 1.54) is 0 Å². The van der Waals surface area contributed by atoms with Crippen LogP contribution in [0.15, 0.2) is 48.5 Å². The summed E-state index contributed by atoms with van der Waals surface area (Å²) >= 11 is 0. The molecule has 5 heteroatoms. The number of anilines is 1. The number of esters is 1. The Hall–Kier alpha value is -2.95. The van der Waals surface area contributed by atoms with Gasteiger partial charge in [0.25, 0.3) is 0 Å². The summed E-state index contributed by atoms with van der Waals surface area (Å²) in [6, 6.07) is 13.6. The van der Waals surface area contributed by atoms with Crippen LogP contribution in [0.3, 0.4) is 0 Å². The number of hydrogen-bond donors (Lipinski definition) is 1. The lowest BCUT2D eigenvalue weighted by molar-refractivity contribution is -0.154. The molecular formula is C26H35NO4. The van der Waals surface area contributed by atoms with E-state index in [1.54, 1.807) is 7.11 Å². The van der Waals surface area contributed by atoms with Crippen LogP contribution in [0.2, 0.25) is 0 Å². The van der Waals surface area contributed by atoms with E-state index in [9.17, 15) is 4.79 Å². The van der Waals surface area contributed by atoms with Crippen LogP contribution in [0.5, 0.6) is 11.5 Å². The van der Waals surface area contributed by atoms with Crippen molar-refractivity contribution in [1.29, 1.82) is 0 Å². The fraction of sp³-hybridized carbons (Fsp3) is 0.423. The van der Waals surface area contributed by atoms with Crippen LogP contribution in [-0.2, 0) is 16.0 Å². The minimum atomic E-state index is -0.478. The summed E-state index contributed by atoms with van der Waals surface area (Å²) in [6.45, 7) is 6.23. The number of ether oxygens (including phenoxy) is 3. The zero-order valence-electron chi connectivity index (χ0n) is 19.1. The molecule has 0 fully saturated rings. The van der Waals surface area contributed by atoms with Crippen LogP contribution in [0.25, 0.3) is 6.08 Å². The Morgan fingerprint density at radius 2 is 1.81 bits per heavy atom. The Labute approximate surface area is 186 Å². The minimum absolute atomic E-state index is 0.218. The van der Waals surface area contributed by atoms with Gasteiger partial charge in [-0.2, -0.15) is 0 Å². The highest BCUT2D eigenvalue weighted by Gasteiger charge is 2.16. The molecule has 0 atom stereocenters. The van der Waals surface area contributed by atoms with Crippen molar-refractivity contribution in [2.75, 3.05) is 19.5 Å². The molecule has 5 nitrogen and oxygen atoms in total. The summed E-state index contributed by atoms with van der Waals surface area (Å²) in [5.74, 6) is 1.43. The molecule has 0 aliphatic carbocycles. The predicted molar refractivity (Wildman–Crippen MR) is 126 cm³/mol. The standard InChI is InChI=1S/C26H35NO4/c1-26(2,3)31-25(28)17-12-21-19-22(27)13-16-24(21)30-18-8-6-5-7-9-20-10-14-23(29-4)15-11-20/h7,9-11,13-16,19H,5-6,8,12,17-18,27H2,1-4H3. The average molecular weight is 426 g/mol. The molecule has 0 spiro atoms. The maximum Gasteiger partial charge on any atom is 0.306 e. The lowest BCUT2D eigenvalue weighted by Gasteiger charge is -2.19. The van der Waals surface area contributed by atoms with Crippen molar-refractivity contribution in [3.05, 3.63) is 59.7 Å². The Balaban J connectivity index is 1.74. The molecule has 0 saturated heterocycles. The van der Waals surface area contributed by atoms with Gasteiger partial charge in [-0.15, -0.1) is 0 Å². The van der Waals surface area contributed by atoms with Gasteiger partial charge >= 0.3 is 5.97 Å². The van der Waals surface area contributed by atoms with E-state index < -0.39 is 5.60 Å². The second-order valence-electron chi connectivity index (χ2n) is 8.47. The summed E-state index contributed by atoms with van der Waals surface area (Å²) in [5, 5.41) is 0. The van der Waals surface area contributed by atoms with Gasteiger partial charge in [-0.05, 0) is 87.9 Å². The fourth-order valence-electron chi connectivity index (χ4n) is 3.05. The summed E-state index contributed by atoms with van der Waals surface area (Å²) in [6.07, 6.45) is 8.11. The third-order valence-electron chi connectivity index (χ3n) is 4.55. The van der Waals surface area contributed by atoms with Crippen molar-refractivity contribution in [3.8, 4) is 11.5 Å². The van der Waals surface area contributed by atoms with Crippen LogP contribution in [-0.4, -0.2) is 25.3 Å². The van der Waals surface area contributed by atoms with E-state index >= 15 is 0 Å². The highest BCUT2D eigenvalue weighted by molar-refractivity contribution is 5.70. The highest BCUT2D eigenvalue weighted by atomic mass is 16.6. The quantitative estimate of drug-likeness (QED) is 0.279. The van der Waals surface area contributed by atoms with E-state index in [0.29, 0.717) is 25.1 Å². The first-order valence-electron chi connectivity index (χ1n) is 10.8. The van der Waals surface area contributed by atoms with Gasteiger partial charge in [-0.1, -0.05) is 24.3 Å². The van der Waals surface area contributed by atoms with E-state index in [2.05, 4.69) is 12.2 Å². The fourth-order valence-corrected chi connectivity index (χ4v) is 3.05. The molecule has 2 rings (SSSR count). The first-order valence-corrected chi connectivity index (χ1v) is 10.8. The van der Waals surface area contributed by atoms with Crippen LogP contribution < -0.4 is 15.2 Å². The Kier molecular flexibility index (Phi) is 9.44. The Bertz CT molecular complexity index is 851. The third kappa shape index (κ3) is 9.60. The van der Waals surface area contributed by atoms with E-state index in [4.69, 9.17) is 19.9 Å². The van der Waals surface area contributed by atoms with Crippen molar-refractivity contribution in [1.82, 2.24) is 0 Å². The van der Waals surface area contributed by atoms with E-state index in [1.807, 2.05) is 63.2 Å². The molecule has 0 saturated carbocycles. The normalized spacial score (nSPS) is 11.5. The largest absolute Gasteiger partial charge is 0.497 e. The highest BCUT2D eigenvalue weighted by Crippen LogP contribution is 2.24. The van der Waals surface area contributed by atoms with Crippen LogP contribution in [0, 0.1) is 0 Å². The number of carbonyl (C=O) groups is 1. The lowest BCUT2D eigenvalue weighted by atomic mass is 10.1. The molecule has 0 radical (unpaired) electrons. The van der Waals surface area contributed by atoms with Gasteiger partial charge in [0.2, 0.25) is 0 Å². The van der Waals surface area contributed by atoms with Crippen LogP contribution >= 0.6 is 0 Å². The molecule has 2 aromatic rings. The topological polar surface area (TPSA) is 70.8 Å². The molecule has 168 valence electrons. The molecular weight excluding hydrogens is 390 g/mol. The second-order valence-corrected chi connectivity index (χ2v) is 8.47. The summed E-state index contributed by atoms with van der Waals surface area (Å²) < 4.78 is 16.5. The van der Waals surface area contributed by atoms with E-state index in [-0.39, 0.29) is 5.97 Å². The first-order chi connectivity index (χ1) is 14.8. The number of nitrogens with two attached hydrogens (primary N) is 1.